The van der Waals surface area contributed by atoms with E-state index < -0.39 is 0 Å². The van der Waals surface area contributed by atoms with Gasteiger partial charge in [0.2, 0.25) is 0 Å². The van der Waals surface area contributed by atoms with Gasteiger partial charge in [-0.25, -0.2) is 0 Å². The molecular weight excluding hydrogens is 218 g/mol. The fourth-order valence-corrected chi connectivity index (χ4v) is 1.06. The topological polar surface area (TPSA) is 35.0 Å². The molecule has 0 atom stereocenters. The van der Waals surface area contributed by atoms with E-state index in [9.17, 15) is 0 Å². The highest BCUT2D eigenvalue weighted by Gasteiger charge is 1.95. The zero-order valence-corrected chi connectivity index (χ0v) is 12.9. The van der Waals surface area contributed by atoms with Crippen molar-refractivity contribution in [2.75, 3.05) is 5.88 Å². The Balaban J connectivity index is -0.000000214. The van der Waals surface area contributed by atoms with Gasteiger partial charge in [0.15, 0.2) is 0 Å². The normalized spacial score (nSPS) is 9.75. The van der Waals surface area contributed by atoms with Gasteiger partial charge in [-0.15, -0.1) is 11.6 Å². The maximum atomic E-state index is 5.51. The maximum Gasteiger partial charge on any atom is 0.0223 e. The van der Waals surface area contributed by atoms with Crippen LogP contribution in [-0.2, 0) is 0 Å². The second-order valence-corrected chi connectivity index (χ2v) is 5.32. The van der Waals surface area contributed by atoms with Gasteiger partial charge in [-0.2, -0.15) is 0 Å². The molecule has 0 saturated heterocycles. The Morgan fingerprint density at radius 2 is 1.12 bits per heavy atom. The number of hydrogen-bond acceptors (Lipinski definition) is 1. The Bertz CT molecular complexity index is 90.9. The Morgan fingerprint density at radius 1 is 0.750 bits per heavy atom. The Labute approximate surface area is 109 Å². The lowest BCUT2D eigenvalue weighted by Crippen LogP contribution is -1.95. The van der Waals surface area contributed by atoms with Gasteiger partial charge in [0.05, 0.1) is 0 Å². The van der Waals surface area contributed by atoms with Crippen LogP contribution >= 0.6 is 11.6 Å². The monoisotopic (exact) mass is 251 g/mol. The molecule has 0 aliphatic rings. The minimum atomic E-state index is 0. The zero-order chi connectivity index (χ0) is 12.1. The molecule has 1 nitrogen and oxygen atoms in total. The van der Waals surface area contributed by atoms with Crippen LogP contribution in [0.4, 0.5) is 0 Å². The van der Waals surface area contributed by atoms with Crippen molar-refractivity contribution in [1.82, 2.24) is 6.15 Å². The van der Waals surface area contributed by atoms with Gasteiger partial charge < -0.3 is 6.15 Å². The van der Waals surface area contributed by atoms with E-state index in [1.807, 2.05) is 0 Å². The molecule has 0 heterocycles. The quantitative estimate of drug-likeness (QED) is 0.434. The molecule has 0 radical (unpaired) electrons. The molecular formula is C14H34ClN. The Hall–Kier alpha value is 0.250. The molecule has 0 spiro atoms. The van der Waals surface area contributed by atoms with E-state index in [1.165, 1.54) is 38.5 Å². The van der Waals surface area contributed by atoms with Gasteiger partial charge in [-0.3, -0.25) is 0 Å². The average molecular weight is 252 g/mol. The first-order valence-electron chi connectivity index (χ1n) is 6.62. The van der Waals surface area contributed by atoms with Crippen molar-refractivity contribution in [3.63, 3.8) is 0 Å². The number of halogens is 1. The largest absolute Gasteiger partial charge is 0.344 e. The van der Waals surface area contributed by atoms with Crippen LogP contribution in [0.15, 0.2) is 0 Å². The number of unbranched alkanes of at least 4 members (excludes halogenated alkanes) is 5. The molecule has 0 aliphatic carbocycles. The summed E-state index contributed by atoms with van der Waals surface area (Å²) in [4.78, 5) is 0. The van der Waals surface area contributed by atoms with Gasteiger partial charge in [-0.1, -0.05) is 66.7 Å². The first-order valence-corrected chi connectivity index (χ1v) is 7.15. The third-order valence-electron chi connectivity index (χ3n) is 2.82. The fraction of sp³-hybridized carbons (Fsp3) is 1.00. The van der Waals surface area contributed by atoms with Crippen LogP contribution in [0.2, 0.25) is 0 Å². The third kappa shape index (κ3) is 23.8. The predicted octanol–water partition coefficient (Wildman–Crippen LogP) is 6.05. The van der Waals surface area contributed by atoms with E-state index in [-0.39, 0.29) is 6.15 Å². The summed E-state index contributed by atoms with van der Waals surface area (Å²) in [6.45, 7) is 11.2. The van der Waals surface area contributed by atoms with Crippen LogP contribution < -0.4 is 6.15 Å². The molecule has 0 aromatic carbocycles. The molecule has 0 bridgehead atoms. The van der Waals surface area contributed by atoms with E-state index in [4.69, 9.17) is 11.6 Å². The first kappa shape index (κ1) is 21.5. The van der Waals surface area contributed by atoms with Crippen molar-refractivity contribution in [2.45, 2.75) is 73.1 Å². The molecule has 3 N–H and O–H groups in total. The van der Waals surface area contributed by atoms with Gasteiger partial charge >= 0.3 is 0 Å². The summed E-state index contributed by atoms with van der Waals surface area (Å²) in [5.41, 5.74) is 0. The highest BCUT2D eigenvalue weighted by Crippen LogP contribution is 2.06. The predicted molar refractivity (Wildman–Crippen MR) is 78.8 cm³/mol. The lowest BCUT2D eigenvalue weighted by atomic mass is 10.0. The van der Waals surface area contributed by atoms with E-state index in [1.54, 1.807) is 0 Å². The van der Waals surface area contributed by atoms with Crippen molar-refractivity contribution < 1.29 is 0 Å². The van der Waals surface area contributed by atoms with Crippen molar-refractivity contribution in [3.05, 3.63) is 0 Å². The SMILES string of the molecule is CC(C)C(C)C.CCCCCCCCCl.N. The molecule has 0 aromatic heterocycles. The summed E-state index contributed by atoms with van der Waals surface area (Å²) >= 11 is 5.51. The number of alkyl halides is 1. The van der Waals surface area contributed by atoms with Crippen LogP contribution in [0.1, 0.15) is 73.1 Å². The van der Waals surface area contributed by atoms with Crippen molar-refractivity contribution in [2.24, 2.45) is 11.8 Å². The summed E-state index contributed by atoms with van der Waals surface area (Å²) in [5.74, 6) is 2.54. The first-order chi connectivity index (χ1) is 7.06. The summed E-state index contributed by atoms with van der Waals surface area (Å²) in [6.07, 6.45) is 8.02. The molecule has 0 rings (SSSR count). The fourth-order valence-electron chi connectivity index (χ4n) is 0.875. The lowest BCUT2D eigenvalue weighted by Gasteiger charge is -2.05. The second kappa shape index (κ2) is 17.6. The standard InChI is InChI=1S/C8H17Cl.C6H14.H3N/c1-2-3-4-5-6-7-8-9;1-5(2)6(3)4;/h2-8H2,1H3;5-6H,1-4H3;1H3. The van der Waals surface area contributed by atoms with Gasteiger partial charge in [-0.05, 0) is 18.3 Å². The molecule has 0 amide bonds. The minimum absolute atomic E-state index is 0. The number of hydrogen-bond donors (Lipinski definition) is 1. The lowest BCUT2D eigenvalue weighted by molar-refractivity contribution is 0.457. The minimum Gasteiger partial charge on any atom is -0.344 e. The molecule has 0 aliphatic heterocycles. The smallest absolute Gasteiger partial charge is 0.0223 e. The van der Waals surface area contributed by atoms with Crippen molar-refractivity contribution >= 4 is 11.6 Å². The number of rotatable bonds is 7. The Morgan fingerprint density at radius 3 is 1.44 bits per heavy atom. The van der Waals surface area contributed by atoms with Crippen LogP contribution in [0.25, 0.3) is 0 Å². The molecule has 0 unspecified atom stereocenters. The third-order valence-corrected chi connectivity index (χ3v) is 3.09. The summed E-state index contributed by atoms with van der Waals surface area (Å²) in [6, 6.07) is 0. The average Bonchev–Trinajstić information content (AvgIpc) is 2.18. The summed E-state index contributed by atoms with van der Waals surface area (Å²) in [7, 11) is 0. The molecule has 102 valence electrons. The van der Waals surface area contributed by atoms with Crippen LogP contribution in [0.3, 0.4) is 0 Å². The zero-order valence-electron chi connectivity index (χ0n) is 12.2. The highest BCUT2D eigenvalue weighted by molar-refractivity contribution is 6.17. The molecule has 0 fully saturated rings. The van der Waals surface area contributed by atoms with Crippen LogP contribution in [0.5, 0.6) is 0 Å². The van der Waals surface area contributed by atoms with Crippen LogP contribution in [-0.4, -0.2) is 5.88 Å². The van der Waals surface area contributed by atoms with E-state index in [0.717, 1.165) is 17.7 Å². The van der Waals surface area contributed by atoms with Gasteiger partial charge in [0.25, 0.3) is 0 Å². The molecule has 0 saturated carbocycles. The molecule has 0 aromatic rings. The van der Waals surface area contributed by atoms with Gasteiger partial charge in [0.1, 0.15) is 0 Å². The maximum absolute atomic E-state index is 5.51. The van der Waals surface area contributed by atoms with E-state index in [2.05, 4.69) is 34.6 Å². The van der Waals surface area contributed by atoms with Crippen LogP contribution in [0, 0.1) is 11.8 Å². The molecule has 2 heteroatoms. The summed E-state index contributed by atoms with van der Waals surface area (Å²) in [5, 5.41) is 0. The van der Waals surface area contributed by atoms with Crippen molar-refractivity contribution in [1.29, 1.82) is 0 Å². The van der Waals surface area contributed by atoms with E-state index >= 15 is 0 Å². The molecule has 16 heavy (non-hydrogen) atoms. The van der Waals surface area contributed by atoms with E-state index in [0.29, 0.717) is 0 Å². The summed E-state index contributed by atoms with van der Waals surface area (Å²) < 4.78 is 0. The van der Waals surface area contributed by atoms with Gasteiger partial charge in [0, 0.05) is 5.88 Å². The van der Waals surface area contributed by atoms with Crippen molar-refractivity contribution in [3.8, 4) is 0 Å². The highest BCUT2D eigenvalue weighted by atomic mass is 35.5. The second-order valence-electron chi connectivity index (χ2n) is 4.94. The Kier molecular flexibility index (Phi) is 23.7.